The van der Waals surface area contributed by atoms with E-state index in [0.717, 1.165) is 5.56 Å². The molecule has 4 nitrogen and oxygen atoms in total. The summed E-state index contributed by atoms with van der Waals surface area (Å²) >= 11 is 1.42. The van der Waals surface area contributed by atoms with Crippen molar-refractivity contribution in [3.63, 3.8) is 0 Å². The third-order valence-electron chi connectivity index (χ3n) is 3.01. The Balaban J connectivity index is 2.93. The smallest absolute Gasteiger partial charge is 0.326 e. The van der Waals surface area contributed by atoms with Crippen LogP contribution in [-0.4, -0.2) is 39.4 Å². The summed E-state index contributed by atoms with van der Waals surface area (Å²) in [5, 5.41) is 8.89. The van der Waals surface area contributed by atoms with Crippen molar-refractivity contribution < 1.29 is 14.7 Å². The molecule has 104 valence electrons. The molecule has 0 heterocycles. The lowest BCUT2D eigenvalue weighted by Crippen LogP contribution is -2.45. The van der Waals surface area contributed by atoms with Gasteiger partial charge in [-0.15, -0.1) is 0 Å². The van der Waals surface area contributed by atoms with Gasteiger partial charge in [0, 0.05) is 6.54 Å². The molecule has 0 radical (unpaired) electrons. The zero-order chi connectivity index (χ0) is 14.4. The number of carboxylic acid groups (broad SMARTS) is 1. The molecule has 0 aliphatic carbocycles. The summed E-state index contributed by atoms with van der Waals surface area (Å²) in [6.45, 7) is 3.65. The minimum absolute atomic E-state index is 0.147. The molecule has 2 atom stereocenters. The summed E-state index contributed by atoms with van der Waals surface area (Å²) < 4.78 is 0. The highest BCUT2D eigenvalue weighted by molar-refractivity contribution is 7.99. The maximum Gasteiger partial charge on any atom is 0.326 e. The first-order chi connectivity index (χ1) is 8.97. The molecule has 0 saturated carbocycles. The molecule has 1 rings (SSSR count). The van der Waals surface area contributed by atoms with E-state index < -0.39 is 12.0 Å². The quantitative estimate of drug-likeness (QED) is 0.869. The summed E-state index contributed by atoms with van der Waals surface area (Å²) in [6.07, 6.45) is 1.84. The van der Waals surface area contributed by atoms with Gasteiger partial charge in [-0.2, -0.15) is 11.8 Å². The number of carbonyl (C=O) groups excluding carboxylic acids is 1. The zero-order valence-electron chi connectivity index (χ0n) is 11.4. The summed E-state index contributed by atoms with van der Waals surface area (Å²) in [6, 6.07) is 8.59. The maximum atomic E-state index is 12.3. The van der Waals surface area contributed by atoms with Crippen molar-refractivity contribution >= 4 is 23.6 Å². The molecular weight excluding hydrogens is 262 g/mol. The minimum Gasteiger partial charge on any atom is -0.480 e. The van der Waals surface area contributed by atoms with Crippen LogP contribution in [0, 0.1) is 0 Å². The van der Waals surface area contributed by atoms with E-state index >= 15 is 0 Å². The molecule has 0 spiro atoms. The fourth-order valence-corrected chi connectivity index (χ4v) is 1.99. The highest BCUT2D eigenvalue weighted by atomic mass is 32.2. The first-order valence-corrected chi connectivity index (χ1v) is 7.36. The van der Waals surface area contributed by atoms with Gasteiger partial charge in [-0.3, -0.25) is 4.79 Å². The molecule has 0 bridgehead atoms. The molecule has 1 amide bonds. The van der Waals surface area contributed by atoms with Gasteiger partial charge in [0.05, 0.1) is 5.25 Å². The van der Waals surface area contributed by atoms with Crippen molar-refractivity contribution in [3.8, 4) is 0 Å². The highest BCUT2D eigenvalue weighted by Gasteiger charge is 2.28. The Morgan fingerprint density at radius 3 is 2.32 bits per heavy atom. The summed E-state index contributed by atoms with van der Waals surface area (Å²) in [5.41, 5.74) is 0.928. The highest BCUT2D eigenvalue weighted by Crippen LogP contribution is 2.15. The molecule has 0 fully saturated rings. The number of carbonyl (C=O) groups is 2. The van der Waals surface area contributed by atoms with Gasteiger partial charge >= 0.3 is 5.97 Å². The molecule has 19 heavy (non-hydrogen) atoms. The number of thioether (sulfide) groups is 1. The third kappa shape index (κ3) is 4.28. The topological polar surface area (TPSA) is 57.6 Å². The Labute approximate surface area is 117 Å². The van der Waals surface area contributed by atoms with Gasteiger partial charge in [0.1, 0.15) is 6.04 Å². The van der Waals surface area contributed by atoms with Crippen LogP contribution < -0.4 is 0 Å². The third-order valence-corrected chi connectivity index (χ3v) is 3.91. The van der Waals surface area contributed by atoms with E-state index in [1.165, 1.54) is 23.6 Å². The van der Waals surface area contributed by atoms with Crippen molar-refractivity contribution in [2.24, 2.45) is 0 Å². The van der Waals surface area contributed by atoms with Crippen LogP contribution in [0.25, 0.3) is 0 Å². The number of carboxylic acids is 1. The second kappa shape index (κ2) is 7.19. The number of rotatable bonds is 6. The normalized spacial score (nSPS) is 13.6. The fraction of sp³-hybridized carbons (Fsp3) is 0.429. The monoisotopic (exact) mass is 281 g/mol. The van der Waals surface area contributed by atoms with Gasteiger partial charge in [-0.1, -0.05) is 30.3 Å². The molecule has 0 aromatic heterocycles. The molecule has 1 aromatic carbocycles. The van der Waals surface area contributed by atoms with E-state index in [1.54, 1.807) is 6.92 Å². The summed E-state index contributed by atoms with van der Waals surface area (Å²) in [5.74, 6) is -1.14. The van der Waals surface area contributed by atoms with Crippen LogP contribution in [0.15, 0.2) is 30.3 Å². The van der Waals surface area contributed by atoms with Gasteiger partial charge < -0.3 is 10.0 Å². The van der Waals surface area contributed by atoms with Gasteiger partial charge in [0.15, 0.2) is 0 Å². The van der Waals surface area contributed by atoms with Crippen LogP contribution in [0.3, 0.4) is 0 Å². The van der Waals surface area contributed by atoms with E-state index in [-0.39, 0.29) is 11.2 Å². The van der Waals surface area contributed by atoms with Crippen molar-refractivity contribution in [2.45, 2.75) is 31.7 Å². The fourth-order valence-electron chi connectivity index (χ4n) is 1.65. The van der Waals surface area contributed by atoms with Crippen molar-refractivity contribution in [1.29, 1.82) is 0 Å². The Morgan fingerprint density at radius 2 is 1.84 bits per heavy atom. The largest absolute Gasteiger partial charge is 0.480 e. The Kier molecular flexibility index (Phi) is 5.89. The van der Waals surface area contributed by atoms with Crippen LogP contribution in [0.2, 0.25) is 0 Å². The van der Waals surface area contributed by atoms with Crippen molar-refractivity contribution in [2.75, 3.05) is 6.26 Å². The summed E-state index contributed by atoms with van der Waals surface area (Å²) in [7, 11) is 0. The van der Waals surface area contributed by atoms with E-state index in [0.29, 0.717) is 6.54 Å². The lowest BCUT2D eigenvalue weighted by Gasteiger charge is -2.28. The van der Waals surface area contributed by atoms with E-state index in [1.807, 2.05) is 36.6 Å². The lowest BCUT2D eigenvalue weighted by molar-refractivity contribution is -0.149. The molecular formula is C14H19NO3S. The first-order valence-electron chi connectivity index (χ1n) is 6.07. The number of amides is 1. The average Bonchev–Trinajstić information content (AvgIpc) is 2.43. The number of hydrogen-bond acceptors (Lipinski definition) is 3. The minimum atomic E-state index is -0.988. The second-order valence-electron chi connectivity index (χ2n) is 4.34. The van der Waals surface area contributed by atoms with Gasteiger partial charge in [-0.25, -0.2) is 4.79 Å². The van der Waals surface area contributed by atoms with Crippen LogP contribution in [-0.2, 0) is 16.1 Å². The van der Waals surface area contributed by atoms with Crippen molar-refractivity contribution in [1.82, 2.24) is 4.90 Å². The molecule has 1 N–H and O–H groups in total. The van der Waals surface area contributed by atoms with Gasteiger partial charge in [0.2, 0.25) is 5.91 Å². The standard InChI is InChI=1S/C14H19NO3S/c1-10(14(17)18)15(13(16)11(2)19-3)9-12-7-5-4-6-8-12/h4-8,10-11H,9H2,1-3H3,(H,17,18). The predicted molar refractivity (Wildman–Crippen MR) is 77.1 cm³/mol. The molecule has 2 unspecified atom stereocenters. The first kappa shape index (κ1) is 15.6. The molecule has 0 aliphatic rings. The predicted octanol–water partition coefficient (Wildman–Crippen LogP) is 2.24. The van der Waals surface area contributed by atoms with E-state index in [2.05, 4.69) is 0 Å². The van der Waals surface area contributed by atoms with Gasteiger partial charge in [-0.05, 0) is 25.7 Å². The van der Waals surface area contributed by atoms with Crippen LogP contribution in [0.5, 0.6) is 0 Å². The van der Waals surface area contributed by atoms with Crippen LogP contribution in [0.1, 0.15) is 19.4 Å². The SMILES string of the molecule is CSC(C)C(=O)N(Cc1ccccc1)C(C)C(=O)O. The Morgan fingerprint density at radius 1 is 1.26 bits per heavy atom. The Bertz CT molecular complexity index is 436. The lowest BCUT2D eigenvalue weighted by atomic mass is 10.1. The average molecular weight is 281 g/mol. The van der Waals surface area contributed by atoms with Crippen LogP contribution in [0.4, 0.5) is 0 Å². The van der Waals surface area contributed by atoms with E-state index in [9.17, 15) is 9.59 Å². The number of nitrogens with zero attached hydrogens (tertiary/aromatic N) is 1. The Hall–Kier alpha value is -1.49. The van der Waals surface area contributed by atoms with Crippen LogP contribution >= 0.6 is 11.8 Å². The molecule has 0 aliphatic heterocycles. The number of benzene rings is 1. The molecule has 1 aromatic rings. The van der Waals surface area contributed by atoms with Gasteiger partial charge in [0.25, 0.3) is 0 Å². The number of aliphatic carboxylic acids is 1. The molecule has 0 saturated heterocycles. The maximum absolute atomic E-state index is 12.3. The van der Waals surface area contributed by atoms with Crippen molar-refractivity contribution in [3.05, 3.63) is 35.9 Å². The second-order valence-corrected chi connectivity index (χ2v) is 5.52. The van der Waals surface area contributed by atoms with E-state index in [4.69, 9.17) is 5.11 Å². The molecule has 5 heteroatoms. The summed E-state index contributed by atoms with van der Waals surface area (Å²) in [4.78, 5) is 24.8. The zero-order valence-corrected chi connectivity index (χ0v) is 12.2. The number of hydrogen-bond donors (Lipinski definition) is 1.